The second-order valence-corrected chi connectivity index (χ2v) is 2.62. The Morgan fingerprint density at radius 1 is 1.50 bits per heavy atom. The molecule has 1 unspecified atom stereocenters. The molecule has 1 aliphatic heterocycles. The maximum absolute atomic E-state index is 10.6. The van der Waals surface area contributed by atoms with Gasteiger partial charge in [0.25, 0.3) is 0 Å². The summed E-state index contributed by atoms with van der Waals surface area (Å²) < 4.78 is 0. The summed E-state index contributed by atoms with van der Waals surface area (Å²) in [5.41, 5.74) is 0.400. The summed E-state index contributed by atoms with van der Waals surface area (Å²) in [5, 5.41) is 20.0. The first kappa shape index (κ1) is 8.58. The predicted molar refractivity (Wildman–Crippen MR) is 39.5 cm³/mol. The van der Waals surface area contributed by atoms with Crippen molar-refractivity contribution in [3.8, 4) is 0 Å². The van der Waals surface area contributed by atoms with E-state index >= 15 is 0 Å². The number of allylic oxidation sites excluding steroid dienone is 1. The molecular weight excluding hydrogens is 162 g/mol. The number of carboxylic acids is 2. The van der Waals surface area contributed by atoms with Gasteiger partial charge in [0, 0.05) is 12.2 Å². The molecular formula is C7H9NO4. The first-order chi connectivity index (χ1) is 5.54. The van der Waals surface area contributed by atoms with Gasteiger partial charge in [-0.15, -0.1) is 0 Å². The molecule has 66 valence electrons. The van der Waals surface area contributed by atoms with Crippen LogP contribution in [0, 0.1) is 5.92 Å². The summed E-state index contributed by atoms with van der Waals surface area (Å²) in [6, 6.07) is 0. The summed E-state index contributed by atoms with van der Waals surface area (Å²) in [6.45, 7) is 1.73. The molecule has 0 aromatic rings. The van der Waals surface area contributed by atoms with Gasteiger partial charge in [-0.2, -0.15) is 0 Å². The van der Waals surface area contributed by atoms with Crippen molar-refractivity contribution in [1.82, 2.24) is 5.32 Å². The van der Waals surface area contributed by atoms with Gasteiger partial charge in [0.15, 0.2) is 0 Å². The van der Waals surface area contributed by atoms with Gasteiger partial charge in [-0.1, -0.05) is 0 Å². The van der Waals surface area contributed by atoms with Crippen molar-refractivity contribution in [3.05, 3.63) is 11.3 Å². The Morgan fingerprint density at radius 3 is 2.42 bits per heavy atom. The van der Waals surface area contributed by atoms with Crippen molar-refractivity contribution in [2.75, 3.05) is 6.54 Å². The summed E-state index contributed by atoms with van der Waals surface area (Å²) in [5.74, 6) is -3.18. The maximum atomic E-state index is 10.6. The molecule has 5 nitrogen and oxygen atoms in total. The lowest BCUT2D eigenvalue weighted by Crippen LogP contribution is -2.22. The zero-order valence-corrected chi connectivity index (χ0v) is 6.50. The van der Waals surface area contributed by atoms with Crippen LogP contribution >= 0.6 is 0 Å². The average molecular weight is 171 g/mol. The molecule has 1 rings (SSSR count). The van der Waals surface area contributed by atoms with E-state index in [9.17, 15) is 9.59 Å². The minimum Gasteiger partial charge on any atom is -0.481 e. The molecule has 0 saturated carbocycles. The lowest BCUT2D eigenvalue weighted by molar-refractivity contribution is -0.143. The predicted octanol–water partition coefficient (Wildman–Crippen LogP) is -0.351. The number of rotatable bonds is 2. The lowest BCUT2D eigenvalue weighted by Gasteiger charge is -2.03. The largest absolute Gasteiger partial charge is 0.481 e. The Kier molecular flexibility index (Phi) is 2.03. The van der Waals surface area contributed by atoms with Crippen LogP contribution in [0.25, 0.3) is 0 Å². The van der Waals surface area contributed by atoms with Gasteiger partial charge in [0.05, 0.1) is 5.57 Å². The van der Waals surface area contributed by atoms with E-state index in [1.165, 1.54) is 0 Å². The fourth-order valence-electron chi connectivity index (χ4n) is 1.23. The molecule has 0 amide bonds. The quantitative estimate of drug-likeness (QED) is 0.528. The van der Waals surface area contributed by atoms with Gasteiger partial charge in [-0.3, -0.25) is 4.79 Å². The molecule has 0 radical (unpaired) electrons. The topological polar surface area (TPSA) is 86.6 Å². The molecule has 0 aromatic heterocycles. The Morgan fingerprint density at radius 2 is 2.08 bits per heavy atom. The molecule has 0 bridgehead atoms. The molecule has 0 aromatic carbocycles. The van der Waals surface area contributed by atoms with E-state index in [0.717, 1.165) is 0 Å². The zero-order chi connectivity index (χ0) is 9.30. The highest BCUT2D eigenvalue weighted by Crippen LogP contribution is 2.20. The maximum Gasteiger partial charge on any atom is 0.334 e. The van der Waals surface area contributed by atoms with Crippen molar-refractivity contribution in [1.29, 1.82) is 0 Å². The van der Waals surface area contributed by atoms with E-state index in [1.807, 2.05) is 0 Å². The third-order valence-corrected chi connectivity index (χ3v) is 1.85. The molecule has 12 heavy (non-hydrogen) atoms. The van der Waals surface area contributed by atoms with Gasteiger partial charge in [-0.05, 0) is 6.92 Å². The minimum absolute atomic E-state index is 0.0394. The standard InChI is InChI=1S/C7H9NO4/c1-3-5(7(11)12)4(2-8-3)6(9)10/h4,8H,2H2,1H3,(H,9,10)(H,11,12). The van der Waals surface area contributed by atoms with E-state index in [-0.39, 0.29) is 12.1 Å². The van der Waals surface area contributed by atoms with Crippen LogP contribution in [0.1, 0.15) is 6.92 Å². The van der Waals surface area contributed by atoms with Crippen LogP contribution in [0.15, 0.2) is 11.3 Å². The van der Waals surface area contributed by atoms with Crippen LogP contribution in [-0.2, 0) is 9.59 Å². The summed E-state index contributed by atoms with van der Waals surface area (Å²) in [4.78, 5) is 21.1. The fourth-order valence-corrected chi connectivity index (χ4v) is 1.23. The number of hydrogen-bond acceptors (Lipinski definition) is 3. The number of carbonyl (C=O) groups is 2. The van der Waals surface area contributed by atoms with Crippen LogP contribution in [0.3, 0.4) is 0 Å². The second kappa shape index (κ2) is 2.84. The van der Waals surface area contributed by atoms with Crippen LogP contribution in [0.5, 0.6) is 0 Å². The van der Waals surface area contributed by atoms with Gasteiger partial charge >= 0.3 is 11.9 Å². The number of hydrogen-bond donors (Lipinski definition) is 3. The molecule has 0 spiro atoms. The third kappa shape index (κ3) is 1.25. The highest BCUT2D eigenvalue weighted by molar-refractivity contribution is 5.95. The van der Waals surface area contributed by atoms with Crippen molar-refractivity contribution < 1.29 is 19.8 Å². The molecule has 0 aliphatic carbocycles. The fraction of sp³-hybridized carbons (Fsp3) is 0.429. The van der Waals surface area contributed by atoms with Crippen molar-refractivity contribution in [3.63, 3.8) is 0 Å². The molecule has 3 N–H and O–H groups in total. The van der Waals surface area contributed by atoms with Crippen molar-refractivity contribution >= 4 is 11.9 Å². The molecule has 5 heteroatoms. The van der Waals surface area contributed by atoms with Crippen LogP contribution in [-0.4, -0.2) is 28.7 Å². The van der Waals surface area contributed by atoms with E-state index in [4.69, 9.17) is 10.2 Å². The van der Waals surface area contributed by atoms with E-state index in [1.54, 1.807) is 6.92 Å². The monoisotopic (exact) mass is 171 g/mol. The van der Waals surface area contributed by atoms with Crippen molar-refractivity contribution in [2.24, 2.45) is 5.92 Å². The van der Waals surface area contributed by atoms with Gasteiger partial charge < -0.3 is 15.5 Å². The Balaban J connectivity index is 2.97. The summed E-state index contributed by atoms with van der Waals surface area (Å²) in [6.07, 6.45) is 0. The summed E-state index contributed by atoms with van der Waals surface area (Å²) in [7, 11) is 0. The van der Waals surface area contributed by atoms with Gasteiger partial charge in [0.1, 0.15) is 5.92 Å². The lowest BCUT2D eigenvalue weighted by atomic mass is 10.0. The number of carboxylic acid groups (broad SMARTS) is 2. The average Bonchev–Trinajstić information content (AvgIpc) is 2.30. The normalized spacial score (nSPS) is 22.2. The van der Waals surface area contributed by atoms with E-state index in [0.29, 0.717) is 5.70 Å². The molecule has 1 atom stereocenters. The van der Waals surface area contributed by atoms with Gasteiger partial charge in [-0.25, -0.2) is 4.79 Å². The van der Waals surface area contributed by atoms with Crippen LogP contribution < -0.4 is 5.32 Å². The Hall–Kier alpha value is -1.52. The van der Waals surface area contributed by atoms with Crippen LogP contribution in [0.4, 0.5) is 0 Å². The SMILES string of the molecule is CC1=C(C(=O)O)C(C(=O)O)CN1. The molecule has 1 aliphatic rings. The highest BCUT2D eigenvalue weighted by atomic mass is 16.4. The number of nitrogens with one attached hydrogen (secondary N) is 1. The second-order valence-electron chi connectivity index (χ2n) is 2.62. The molecule has 1 heterocycles. The first-order valence-corrected chi connectivity index (χ1v) is 3.44. The zero-order valence-electron chi connectivity index (χ0n) is 6.50. The highest BCUT2D eigenvalue weighted by Gasteiger charge is 2.33. The Labute approximate surface area is 68.7 Å². The van der Waals surface area contributed by atoms with Gasteiger partial charge in [0.2, 0.25) is 0 Å². The van der Waals surface area contributed by atoms with Crippen LogP contribution in [0.2, 0.25) is 0 Å². The summed E-state index contributed by atoms with van der Waals surface area (Å²) >= 11 is 0. The minimum atomic E-state index is -1.16. The Bertz CT molecular complexity index is 269. The number of aliphatic carboxylic acids is 2. The molecule has 0 saturated heterocycles. The first-order valence-electron chi connectivity index (χ1n) is 3.44. The molecule has 0 fully saturated rings. The van der Waals surface area contributed by atoms with E-state index < -0.39 is 17.9 Å². The van der Waals surface area contributed by atoms with Crippen molar-refractivity contribution in [2.45, 2.75) is 6.92 Å². The smallest absolute Gasteiger partial charge is 0.334 e. The third-order valence-electron chi connectivity index (χ3n) is 1.85. The van der Waals surface area contributed by atoms with E-state index in [2.05, 4.69) is 5.32 Å².